The normalized spacial score (nSPS) is 13.4. The van der Waals surface area contributed by atoms with Crippen LogP contribution in [0.4, 0.5) is 11.4 Å². The highest BCUT2D eigenvalue weighted by Gasteiger charge is 2.29. The summed E-state index contributed by atoms with van der Waals surface area (Å²) < 4.78 is 5.42. The lowest BCUT2D eigenvalue weighted by Gasteiger charge is -2.11. The molecule has 0 radical (unpaired) electrons. The Morgan fingerprint density at radius 2 is 1.88 bits per heavy atom. The average Bonchev–Trinajstić information content (AvgIpc) is 3.46. The van der Waals surface area contributed by atoms with Gasteiger partial charge in [-0.15, -0.1) is 11.8 Å². The summed E-state index contributed by atoms with van der Waals surface area (Å²) in [5, 5.41) is 6.34. The number of benzene rings is 2. The first kappa shape index (κ1) is 16.7. The summed E-state index contributed by atoms with van der Waals surface area (Å²) in [4.78, 5) is 12.9. The molecule has 0 saturated heterocycles. The van der Waals surface area contributed by atoms with Gasteiger partial charge in [-0.2, -0.15) is 0 Å². The quantitative estimate of drug-likeness (QED) is 0.733. The number of hydrogen-bond donors (Lipinski definition) is 2. The topological polar surface area (TPSA) is 50.4 Å². The molecule has 0 aromatic heterocycles. The van der Waals surface area contributed by atoms with Crippen LogP contribution in [-0.2, 0) is 11.3 Å². The Labute approximate surface area is 147 Å². The number of anilines is 2. The molecule has 1 amide bonds. The number of nitrogens with one attached hydrogen (secondary N) is 2. The van der Waals surface area contributed by atoms with Gasteiger partial charge in [-0.3, -0.25) is 4.79 Å². The van der Waals surface area contributed by atoms with Gasteiger partial charge in [-0.1, -0.05) is 6.07 Å². The van der Waals surface area contributed by atoms with E-state index in [0.717, 1.165) is 47.0 Å². The number of rotatable bonds is 7. The molecule has 1 aliphatic carbocycles. The van der Waals surface area contributed by atoms with E-state index in [9.17, 15) is 4.79 Å². The second kappa shape index (κ2) is 7.62. The molecule has 24 heavy (non-hydrogen) atoms. The van der Waals surface area contributed by atoms with Crippen LogP contribution in [0.1, 0.15) is 18.4 Å². The van der Waals surface area contributed by atoms with Crippen LogP contribution in [0.2, 0.25) is 0 Å². The van der Waals surface area contributed by atoms with Crippen molar-refractivity contribution >= 4 is 29.0 Å². The minimum absolute atomic E-state index is 0.136. The molecule has 126 valence electrons. The van der Waals surface area contributed by atoms with Crippen LogP contribution in [0.25, 0.3) is 0 Å². The van der Waals surface area contributed by atoms with E-state index in [1.807, 2.05) is 30.5 Å². The molecule has 0 spiro atoms. The fourth-order valence-electron chi connectivity index (χ4n) is 2.46. The maximum Gasteiger partial charge on any atom is 0.227 e. The third-order valence-corrected chi connectivity index (χ3v) is 4.82. The predicted octanol–water partition coefficient (Wildman–Crippen LogP) is 4.38. The first-order chi connectivity index (χ1) is 11.7. The van der Waals surface area contributed by atoms with E-state index in [1.54, 1.807) is 18.9 Å². The second-order valence-corrected chi connectivity index (χ2v) is 6.73. The van der Waals surface area contributed by atoms with Crippen LogP contribution >= 0.6 is 11.8 Å². The third-order valence-electron chi connectivity index (χ3n) is 4.05. The zero-order valence-corrected chi connectivity index (χ0v) is 14.8. The van der Waals surface area contributed by atoms with Crippen molar-refractivity contribution in [2.24, 2.45) is 5.92 Å². The molecule has 0 atom stereocenters. The van der Waals surface area contributed by atoms with Crippen LogP contribution in [0.15, 0.2) is 47.4 Å². The van der Waals surface area contributed by atoms with E-state index < -0.39 is 0 Å². The van der Waals surface area contributed by atoms with Gasteiger partial charge in [0.2, 0.25) is 5.91 Å². The zero-order chi connectivity index (χ0) is 16.9. The SMILES string of the molecule is COc1cc(CNc2ccc(NC(=O)C3CC3)cc2)ccc1SC. The van der Waals surface area contributed by atoms with Crippen molar-refractivity contribution < 1.29 is 9.53 Å². The van der Waals surface area contributed by atoms with Gasteiger partial charge in [-0.25, -0.2) is 0 Å². The van der Waals surface area contributed by atoms with Gasteiger partial charge in [0.05, 0.1) is 7.11 Å². The molecule has 1 fully saturated rings. The van der Waals surface area contributed by atoms with Crippen molar-refractivity contribution in [3.05, 3.63) is 48.0 Å². The fourth-order valence-corrected chi connectivity index (χ4v) is 3.00. The Balaban J connectivity index is 1.57. The zero-order valence-electron chi connectivity index (χ0n) is 14.0. The highest BCUT2D eigenvalue weighted by atomic mass is 32.2. The molecule has 0 unspecified atom stereocenters. The Morgan fingerprint density at radius 1 is 1.17 bits per heavy atom. The summed E-state index contributed by atoms with van der Waals surface area (Å²) >= 11 is 1.68. The van der Waals surface area contributed by atoms with Crippen LogP contribution < -0.4 is 15.4 Å². The van der Waals surface area contributed by atoms with E-state index >= 15 is 0 Å². The minimum Gasteiger partial charge on any atom is -0.496 e. The molecule has 0 bridgehead atoms. The van der Waals surface area contributed by atoms with E-state index in [0.29, 0.717) is 0 Å². The molecular weight excluding hydrogens is 320 g/mol. The summed E-state index contributed by atoms with van der Waals surface area (Å²) in [5.41, 5.74) is 3.03. The van der Waals surface area contributed by atoms with Gasteiger partial charge < -0.3 is 15.4 Å². The van der Waals surface area contributed by atoms with E-state index in [4.69, 9.17) is 4.74 Å². The van der Waals surface area contributed by atoms with Crippen molar-refractivity contribution in [2.45, 2.75) is 24.3 Å². The molecular formula is C19H22N2O2S. The Kier molecular flexibility index (Phi) is 5.30. The molecule has 2 aromatic rings. The van der Waals surface area contributed by atoms with Crippen LogP contribution in [0.3, 0.4) is 0 Å². The van der Waals surface area contributed by atoms with Gasteiger partial charge in [0.25, 0.3) is 0 Å². The lowest BCUT2D eigenvalue weighted by molar-refractivity contribution is -0.117. The van der Waals surface area contributed by atoms with Gasteiger partial charge in [-0.05, 0) is 61.1 Å². The lowest BCUT2D eigenvalue weighted by atomic mass is 10.2. The van der Waals surface area contributed by atoms with Crippen molar-refractivity contribution in [3.8, 4) is 5.75 Å². The van der Waals surface area contributed by atoms with Gasteiger partial charge in [0, 0.05) is 28.7 Å². The van der Waals surface area contributed by atoms with Gasteiger partial charge >= 0.3 is 0 Å². The van der Waals surface area contributed by atoms with Crippen molar-refractivity contribution in [1.82, 2.24) is 0 Å². The number of carbonyl (C=O) groups excluding carboxylic acids is 1. The predicted molar refractivity (Wildman–Crippen MR) is 99.9 cm³/mol. The molecule has 1 aliphatic rings. The summed E-state index contributed by atoms with van der Waals surface area (Å²) in [6.07, 6.45) is 4.08. The molecule has 2 N–H and O–H groups in total. The van der Waals surface area contributed by atoms with Crippen molar-refractivity contribution in [1.29, 1.82) is 0 Å². The first-order valence-corrected chi connectivity index (χ1v) is 9.28. The van der Waals surface area contributed by atoms with E-state index in [1.165, 1.54) is 0 Å². The lowest BCUT2D eigenvalue weighted by Crippen LogP contribution is -2.13. The van der Waals surface area contributed by atoms with Gasteiger partial charge in [0.1, 0.15) is 5.75 Å². The maximum atomic E-state index is 11.7. The highest BCUT2D eigenvalue weighted by Crippen LogP contribution is 2.30. The number of ether oxygens (including phenoxy) is 1. The van der Waals surface area contributed by atoms with Crippen LogP contribution in [0.5, 0.6) is 5.75 Å². The Morgan fingerprint density at radius 3 is 2.50 bits per heavy atom. The third kappa shape index (κ3) is 4.23. The molecule has 0 heterocycles. The summed E-state index contributed by atoms with van der Waals surface area (Å²) in [6.45, 7) is 0.721. The van der Waals surface area contributed by atoms with Crippen LogP contribution in [-0.4, -0.2) is 19.3 Å². The van der Waals surface area contributed by atoms with Crippen LogP contribution in [0, 0.1) is 5.92 Å². The minimum atomic E-state index is 0.136. The number of carbonyl (C=O) groups is 1. The molecule has 2 aromatic carbocycles. The fraction of sp³-hybridized carbons (Fsp3) is 0.316. The number of methoxy groups -OCH3 is 1. The number of thioether (sulfide) groups is 1. The molecule has 3 rings (SSSR count). The van der Waals surface area contributed by atoms with E-state index in [-0.39, 0.29) is 11.8 Å². The maximum absolute atomic E-state index is 11.7. The Bertz CT molecular complexity index is 712. The van der Waals surface area contributed by atoms with E-state index in [2.05, 4.69) is 28.8 Å². The Hall–Kier alpha value is -2.14. The molecule has 1 saturated carbocycles. The first-order valence-electron chi connectivity index (χ1n) is 8.05. The summed E-state index contributed by atoms with van der Waals surface area (Å²) in [5.74, 6) is 1.26. The second-order valence-electron chi connectivity index (χ2n) is 5.88. The average molecular weight is 342 g/mol. The smallest absolute Gasteiger partial charge is 0.227 e. The number of amides is 1. The summed E-state index contributed by atoms with van der Waals surface area (Å²) in [7, 11) is 1.70. The number of hydrogen-bond acceptors (Lipinski definition) is 4. The summed E-state index contributed by atoms with van der Waals surface area (Å²) in [6, 6.07) is 14.1. The standard InChI is InChI=1S/C19H22N2O2S/c1-23-17-11-13(3-10-18(17)24-2)12-20-15-6-8-16(9-7-15)21-19(22)14-4-5-14/h3,6-11,14,20H,4-5,12H2,1-2H3,(H,21,22). The van der Waals surface area contributed by atoms with Gasteiger partial charge in [0.15, 0.2) is 0 Å². The monoisotopic (exact) mass is 342 g/mol. The largest absolute Gasteiger partial charge is 0.496 e. The molecule has 4 nitrogen and oxygen atoms in total. The van der Waals surface area contributed by atoms with Crippen molar-refractivity contribution in [3.63, 3.8) is 0 Å². The van der Waals surface area contributed by atoms with Crippen molar-refractivity contribution in [2.75, 3.05) is 24.0 Å². The molecule has 0 aliphatic heterocycles. The highest BCUT2D eigenvalue weighted by molar-refractivity contribution is 7.98. The molecule has 5 heteroatoms.